The van der Waals surface area contributed by atoms with E-state index >= 15 is 0 Å². The number of thiocarbonyl (C=S) groups is 1. The van der Waals surface area contributed by atoms with Gasteiger partial charge in [-0.3, -0.25) is 9.20 Å². The summed E-state index contributed by atoms with van der Waals surface area (Å²) >= 11 is 5.24. The Hall–Kier alpha value is -3.01. The SMILES string of the molecule is Cc1nnc2c(NCCCCNC(=O)CC(C)C)nc3cc(OC(=S)N(C)C)ccc3n12. The molecule has 3 aromatic rings. The molecule has 0 aliphatic rings. The summed E-state index contributed by atoms with van der Waals surface area (Å²) in [6.07, 6.45) is 2.34. The molecule has 3 rings (SSSR count). The lowest BCUT2D eigenvalue weighted by Gasteiger charge is -2.15. The quantitative estimate of drug-likeness (QED) is 0.374. The van der Waals surface area contributed by atoms with E-state index in [0.29, 0.717) is 47.8 Å². The van der Waals surface area contributed by atoms with Gasteiger partial charge in [-0.1, -0.05) is 13.8 Å². The second-order valence-electron chi connectivity index (χ2n) is 8.36. The monoisotopic (exact) mass is 457 g/mol. The Labute approximate surface area is 193 Å². The van der Waals surface area contributed by atoms with Gasteiger partial charge in [0.05, 0.1) is 11.0 Å². The lowest BCUT2D eigenvalue weighted by Crippen LogP contribution is -2.25. The van der Waals surface area contributed by atoms with Crippen LogP contribution in [0.25, 0.3) is 16.7 Å². The van der Waals surface area contributed by atoms with Gasteiger partial charge < -0.3 is 20.3 Å². The highest BCUT2D eigenvalue weighted by molar-refractivity contribution is 7.80. The van der Waals surface area contributed by atoms with Crippen molar-refractivity contribution < 1.29 is 9.53 Å². The number of nitrogens with one attached hydrogen (secondary N) is 2. The maximum Gasteiger partial charge on any atom is 0.264 e. The van der Waals surface area contributed by atoms with Gasteiger partial charge in [0.15, 0.2) is 5.82 Å². The summed E-state index contributed by atoms with van der Waals surface area (Å²) in [7, 11) is 3.67. The van der Waals surface area contributed by atoms with Gasteiger partial charge in [0, 0.05) is 39.7 Å². The minimum atomic E-state index is 0.108. The minimum Gasteiger partial charge on any atom is -0.432 e. The van der Waals surface area contributed by atoms with Crippen molar-refractivity contribution in [2.45, 2.75) is 40.0 Å². The Bertz CT molecular complexity index is 1110. The van der Waals surface area contributed by atoms with Crippen molar-refractivity contribution in [1.82, 2.24) is 29.8 Å². The smallest absolute Gasteiger partial charge is 0.264 e. The number of aromatic nitrogens is 4. The Morgan fingerprint density at radius 3 is 2.69 bits per heavy atom. The molecule has 1 amide bonds. The van der Waals surface area contributed by atoms with E-state index in [-0.39, 0.29) is 5.91 Å². The summed E-state index contributed by atoms with van der Waals surface area (Å²) in [5.74, 6) is 2.54. The maximum atomic E-state index is 11.7. The number of unbranched alkanes of at least 4 members (excludes halogenated alkanes) is 1. The number of fused-ring (bicyclic) bond motifs is 3. The number of amides is 1. The number of anilines is 1. The maximum absolute atomic E-state index is 11.7. The molecule has 10 heteroatoms. The van der Waals surface area contributed by atoms with Crippen LogP contribution >= 0.6 is 12.2 Å². The van der Waals surface area contributed by atoms with Crippen molar-refractivity contribution in [2.75, 3.05) is 32.5 Å². The summed E-state index contributed by atoms with van der Waals surface area (Å²) in [5, 5.41) is 15.2. The molecule has 0 fully saturated rings. The second-order valence-corrected chi connectivity index (χ2v) is 8.71. The van der Waals surface area contributed by atoms with Crippen molar-refractivity contribution in [1.29, 1.82) is 0 Å². The van der Waals surface area contributed by atoms with E-state index in [2.05, 4.69) is 20.8 Å². The van der Waals surface area contributed by atoms with E-state index in [1.807, 2.05) is 57.5 Å². The molecular weight excluding hydrogens is 426 g/mol. The molecule has 2 aromatic heterocycles. The molecule has 1 aromatic carbocycles. The van der Waals surface area contributed by atoms with Crippen molar-refractivity contribution >= 4 is 45.8 Å². The highest BCUT2D eigenvalue weighted by Gasteiger charge is 2.14. The Morgan fingerprint density at radius 2 is 1.97 bits per heavy atom. The fraction of sp³-hybridized carbons (Fsp3) is 0.500. The van der Waals surface area contributed by atoms with Crippen LogP contribution in [0.4, 0.5) is 5.82 Å². The molecule has 9 nitrogen and oxygen atoms in total. The lowest BCUT2D eigenvalue weighted by atomic mass is 10.1. The van der Waals surface area contributed by atoms with Crippen molar-refractivity contribution in [3.8, 4) is 5.75 Å². The van der Waals surface area contributed by atoms with Crippen LogP contribution in [0.5, 0.6) is 5.75 Å². The number of hydrogen-bond acceptors (Lipinski definition) is 7. The van der Waals surface area contributed by atoms with Gasteiger partial charge in [-0.15, -0.1) is 10.2 Å². The van der Waals surface area contributed by atoms with Gasteiger partial charge in [0.1, 0.15) is 11.6 Å². The molecule has 0 radical (unpaired) electrons. The molecule has 0 spiro atoms. The van der Waals surface area contributed by atoms with E-state index < -0.39 is 0 Å². The zero-order chi connectivity index (χ0) is 23.3. The number of nitrogens with zero attached hydrogens (tertiary/aromatic N) is 5. The first-order chi connectivity index (χ1) is 15.3. The largest absolute Gasteiger partial charge is 0.432 e. The highest BCUT2D eigenvalue weighted by Crippen LogP contribution is 2.25. The summed E-state index contributed by atoms with van der Waals surface area (Å²) in [5.41, 5.74) is 2.32. The summed E-state index contributed by atoms with van der Waals surface area (Å²) in [6, 6.07) is 5.65. The average molecular weight is 458 g/mol. The third kappa shape index (κ3) is 5.82. The van der Waals surface area contributed by atoms with Crippen molar-refractivity contribution in [2.24, 2.45) is 5.92 Å². The van der Waals surface area contributed by atoms with Gasteiger partial charge in [0.2, 0.25) is 11.6 Å². The molecule has 2 heterocycles. The van der Waals surface area contributed by atoms with Crippen LogP contribution in [0.2, 0.25) is 0 Å². The van der Waals surface area contributed by atoms with E-state index in [9.17, 15) is 4.79 Å². The standard InChI is InChI=1S/C22H31N7O2S/c1-14(2)12-19(30)23-10-6-7-11-24-20-21-27-26-15(3)29(21)18-9-8-16(13-17(18)25-20)31-22(32)28(4)5/h8-9,13-14H,6-7,10-12H2,1-5H3,(H,23,30)(H,24,25). The molecular formula is C22H31N7O2S. The van der Waals surface area contributed by atoms with Crippen LogP contribution in [-0.4, -0.2) is 62.7 Å². The average Bonchev–Trinajstić information content (AvgIpc) is 3.11. The molecule has 0 aliphatic heterocycles. The topological polar surface area (TPSA) is 96.7 Å². The number of benzene rings is 1. The van der Waals surface area contributed by atoms with E-state index in [1.165, 1.54) is 0 Å². The normalized spacial score (nSPS) is 11.2. The van der Waals surface area contributed by atoms with Gasteiger partial charge in [0.25, 0.3) is 5.17 Å². The van der Waals surface area contributed by atoms with Crippen LogP contribution in [0.15, 0.2) is 18.2 Å². The predicted molar refractivity (Wildman–Crippen MR) is 130 cm³/mol. The number of carbonyl (C=O) groups excluding carboxylic acids is 1. The summed E-state index contributed by atoms with van der Waals surface area (Å²) < 4.78 is 7.72. The number of hydrogen-bond donors (Lipinski definition) is 2. The molecule has 32 heavy (non-hydrogen) atoms. The Morgan fingerprint density at radius 1 is 1.22 bits per heavy atom. The molecule has 0 saturated carbocycles. The number of rotatable bonds is 9. The molecule has 0 bridgehead atoms. The number of aryl methyl sites for hydroxylation is 1. The highest BCUT2D eigenvalue weighted by atomic mass is 32.1. The van der Waals surface area contributed by atoms with Crippen LogP contribution in [0.1, 0.15) is 38.9 Å². The van der Waals surface area contributed by atoms with Gasteiger partial charge in [-0.2, -0.15) is 0 Å². The van der Waals surface area contributed by atoms with Gasteiger partial charge in [-0.25, -0.2) is 4.98 Å². The fourth-order valence-corrected chi connectivity index (χ4v) is 3.35. The zero-order valence-electron chi connectivity index (χ0n) is 19.3. The van der Waals surface area contributed by atoms with Crippen LogP contribution in [0.3, 0.4) is 0 Å². The lowest BCUT2D eigenvalue weighted by molar-refractivity contribution is -0.121. The third-order valence-electron chi connectivity index (χ3n) is 4.84. The van der Waals surface area contributed by atoms with Crippen LogP contribution in [0, 0.1) is 12.8 Å². The van der Waals surface area contributed by atoms with E-state index in [4.69, 9.17) is 21.9 Å². The first kappa shape index (κ1) is 23.6. The van der Waals surface area contributed by atoms with E-state index in [1.54, 1.807) is 4.90 Å². The summed E-state index contributed by atoms with van der Waals surface area (Å²) in [6.45, 7) is 7.37. The number of carbonyl (C=O) groups is 1. The molecule has 0 aliphatic carbocycles. The zero-order valence-corrected chi connectivity index (χ0v) is 20.1. The van der Waals surface area contributed by atoms with Gasteiger partial charge in [-0.05, 0) is 50.0 Å². The third-order valence-corrected chi connectivity index (χ3v) is 5.29. The summed E-state index contributed by atoms with van der Waals surface area (Å²) in [4.78, 5) is 18.2. The second kappa shape index (κ2) is 10.5. The first-order valence-electron chi connectivity index (χ1n) is 10.8. The molecule has 0 saturated heterocycles. The van der Waals surface area contributed by atoms with Crippen molar-refractivity contribution in [3.05, 3.63) is 24.0 Å². The van der Waals surface area contributed by atoms with Crippen LogP contribution in [-0.2, 0) is 4.79 Å². The molecule has 172 valence electrons. The predicted octanol–water partition coefficient (Wildman–Crippen LogP) is 3.17. The number of ether oxygens (including phenoxy) is 1. The molecule has 0 atom stereocenters. The first-order valence-corrected chi connectivity index (χ1v) is 11.2. The Kier molecular flexibility index (Phi) is 7.79. The fourth-order valence-electron chi connectivity index (χ4n) is 3.26. The van der Waals surface area contributed by atoms with Crippen molar-refractivity contribution in [3.63, 3.8) is 0 Å². The van der Waals surface area contributed by atoms with Crippen LogP contribution < -0.4 is 15.4 Å². The molecule has 2 N–H and O–H groups in total. The van der Waals surface area contributed by atoms with Gasteiger partial charge >= 0.3 is 0 Å². The Balaban J connectivity index is 1.70. The molecule has 0 unspecified atom stereocenters. The minimum absolute atomic E-state index is 0.108. The van der Waals surface area contributed by atoms with E-state index in [0.717, 1.165) is 29.7 Å².